The molecular weight excluding hydrogens is 370 g/mol. The number of rotatable bonds is 4. The lowest BCUT2D eigenvalue weighted by atomic mass is 10.2. The third kappa shape index (κ3) is 2.75. The number of aromatic nitrogens is 3. The Morgan fingerprint density at radius 1 is 1.15 bits per heavy atom. The molecule has 0 amide bonds. The second-order valence-electron chi connectivity index (χ2n) is 6.09. The summed E-state index contributed by atoms with van der Waals surface area (Å²) in [5.74, 6) is 0.823. The van der Waals surface area contributed by atoms with Gasteiger partial charge in [-0.3, -0.25) is 4.98 Å². The monoisotopic (exact) mass is 385 g/mol. The summed E-state index contributed by atoms with van der Waals surface area (Å²) >= 11 is 6.33. The molecule has 7 heteroatoms. The zero-order valence-corrected chi connectivity index (χ0v) is 15.6. The zero-order valence-electron chi connectivity index (χ0n) is 14.0. The number of nitrogens with one attached hydrogen (secondary N) is 1. The van der Waals surface area contributed by atoms with Crippen LogP contribution in [0.4, 0.5) is 0 Å². The van der Waals surface area contributed by atoms with Crippen LogP contribution in [-0.4, -0.2) is 23.4 Å². The molecule has 0 aliphatic carbocycles. The van der Waals surface area contributed by atoms with Crippen molar-refractivity contribution < 1.29 is 8.42 Å². The van der Waals surface area contributed by atoms with Crippen LogP contribution in [0, 0.1) is 0 Å². The topological polar surface area (TPSA) is 75.7 Å². The van der Waals surface area contributed by atoms with Gasteiger partial charge in [0.2, 0.25) is 9.84 Å². The number of pyridine rings is 1. The quantitative estimate of drug-likeness (QED) is 0.559. The molecule has 1 N–H and O–H groups in total. The van der Waals surface area contributed by atoms with Crippen LogP contribution >= 0.6 is 11.6 Å². The maximum atomic E-state index is 13.3. The third-order valence-corrected chi connectivity index (χ3v) is 6.57. The van der Waals surface area contributed by atoms with Gasteiger partial charge in [0.1, 0.15) is 5.82 Å². The minimum Gasteiger partial charge on any atom is -0.342 e. The molecule has 0 spiro atoms. The normalized spacial score (nSPS) is 12.1. The molecular formula is C19H16ClN3O2S. The first-order valence-corrected chi connectivity index (χ1v) is 10.1. The summed E-state index contributed by atoms with van der Waals surface area (Å²) in [5, 5.41) is 1.55. The fraction of sp³-hybridized carbons (Fsp3) is 0.158. The summed E-state index contributed by atoms with van der Waals surface area (Å²) in [6.45, 7) is 2.06. The Kier molecular flexibility index (Phi) is 4.17. The van der Waals surface area contributed by atoms with Crippen LogP contribution < -0.4 is 0 Å². The smallest absolute Gasteiger partial charge is 0.208 e. The molecule has 0 bridgehead atoms. The molecule has 4 rings (SSSR count). The average molecular weight is 386 g/mol. The number of H-pyrrole nitrogens is 1. The summed E-state index contributed by atoms with van der Waals surface area (Å²) in [4.78, 5) is 12.0. The molecule has 0 radical (unpaired) electrons. The molecule has 26 heavy (non-hydrogen) atoms. The molecule has 0 fully saturated rings. The van der Waals surface area contributed by atoms with Gasteiger partial charge in [0.15, 0.2) is 0 Å². The zero-order chi connectivity index (χ0) is 18.3. The highest BCUT2D eigenvalue weighted by Crippen LogP contribution is 2.34. The van der Waals surface area contributed by atoms with Crippen molar-refractivity contribution in [2.45, 2.75) is 29.6 Å². The van der Waals surface area contributed by atoms with Gasteiger partial charge in [-0.1, -0.05) is 30.7 Å². The Morgan fingerprint density at radius 2 is 2.00 bits per heavy atom. The van der Waals surface area contributed by atoms with E-state index in [2.05, 4.69) is 21.9 Å². The van der Waals surface area contributed by atoms with Crippen molar-refractivity contribution in [1.82, 2.24) is 15.0 Å². The number of hydrogen-bond donors (Lipinski definition) is 1. The largest absolute Gasteiger partial charge is 0.342 e. The molecule has 5 nitrogen and oxygen atoms in total. The first-order valence-electron chi connectivity index (χ1n) is 8.26. The summed E-state index contributed by atoms with van der Waals surface area (Å²) in [6.07, 6.45) is 4.97. The first kappa shape index (κ1) is 17.0. The van der Waals surface area contributed by atoms with Gasteiger partial charge in [0.05, 0.1) is 25.8 Å². The lowest BCUT2D eigenvalue weighted by Gasteiger charge is -2.09. The second kappa shape index (κ2) is 6.37. The van der Waals surface area contributed by atoms with E-state index in [1.54, 1.807) is 42.7 Å². The molecule has 0 atom stereocenters. The molecule has 132 valence electrons. The SMILES string of the molecule is CCCc1nc2cc(Cl)c(S(=O)(=O)c3cccc4cnccc34)cc2[nH]1. The van der Waals surface area contributed by atoms with Crippen molar-refractivity contribution in [3.8, 4) is 0 Å². The maximum absolute atomic E-state index is 13.3. The number of nitrogens with zero attached hydrogens (tertiary/aromatic N) is 2. The highest BCUT2D eigenvalue weighted by atomic mass is 35.5. The van der Waals surface area contributed by atoms with Crippen LogP contribution in [0.25, 0.3) is 21.8 Å². The standard InChI is InChI=1S/C19H16ClN3O2S/c1-2-4-19-22-15-9-14(20)18(10-16(15)23-19)26(24,25)17-6-3-5-12-11-21-8-7-13(12)17/h3,5-11H,2,4H2,1H3,(H,22,23). The predicted octanol–water partition coefficient (Wildman–Crippen LogP) is 4.55. The fourth-order valence-electron chi connectivity index (χ4n) is 3.07. The predicted molar refractivity (Wildman–Crippen MR) is 102 cm³/mol. The van der Waals surface area contributed by atoms with Crippen molar-refractivity contribution in [1.29, 1.82) is 0 Å². The molecule has 2 aromatic heterocycles. The van der Waals surface area contributed by atoms with Crippen LogP contribution in [0.3, 0.4) is 0 Å². The molecule has 2 heterocycles. The van der Waals surface area contributed by atoms with E-state index in [1.807, 2.05) is 6.07 Å². The molecule has 0 saturated heterocycles. The van der Waals surface area contributed by atoms with E-state index in [0.29, 0.717) is 16.4 Å². The van der Waals surface area contributed by atoms with Crippen molar-refractivity contribution in [2.75, 3.05) is 0 Å². The molecule has 0 aliphatic rings. The van der Waals surface area contributed by atoms with E-state index < -0.39 is 9.84 Å². The van der Waals surface area contributed by atoms with E-state index >= 15 is 0 Å². The number of imidazole rings is 1. The van der Waals surface area contributed by atoms with Crippen molar-refractivity contribution in [2.24, 2.45) is 0 Å². The second-order valence-corrected chi connectivity index (χ2v) is 8.38. The Labute approximate surface area is 156 Å². The summed E-state index contributed by atoms with van der Waals surface area (Å²) in [6, 6.07) is 10.0. The molecule has 0 saturated carbocycles. The number of fused-ring (bicyclic) bond motifs is 2. The first-order chi connectivity index (χ1) is 12.5. The van der Waals surface area contributed by atoms with E-state index in [4.69, 9.17) is 11.6 Å². The van der Waals surface area contributed by atoms with Gasteiger partial charge in [-0.2, -0.15) is 0 Å². The number of sulfone groups is 1. The van der Waals surface area contributed by atoms with E-state index in [0.717, 1.165) is 24.1 Å². The van der Waals surface area contributed by atoms with Gasteiger partial charge < -0.3 is 4.98 Å². The van der Waals surface area contributed by atoms with Crippen molar-refractivity contribution in [3.05, 3.63) is 59.6 Å². The Bertz CT molecular complexity index is 1230. The number of hydrogen-bond acceptors (Lipinski definition) is 4. The third-order valence-electron chi connectivity index (χ3n) is 4.29. The summed E-state index contributed by atoms with van der Waals surface area (Å²) in [7, 11) is -3.80. The van der Waals surface area contributed by atoms with Gasteiger partial charge in [-0.25, -0.2) is 13.4 Å². The molecule has 0 aliphatic heterocycles. The average Bonchev–Trinajstić information content (AvgIpc) is 3.02. The van der Waals surface area contributed by atoms with E-state index in [9.17, 15) is 8.42 Å². The van der Waals surface area contributed by atoms with Crippen LogP contribution in [0.2, 0.25) is 5.02 Å². The Morgan fingerprint density at radius 3 is 2.81 bits per heavy atom. The number of benzene rings is 2. The number of aryl methyl sites for hydroxylation is 1. The highest BCUT2D eigenvalue weighted by molar-refractivity contribution is 7.91. The van der Waals surface area contributed by atoms with Crippen molar-refractivity contribution >= 4 is 43.2 Å². The Balaban J connectivity index is 1.94. The maximum Gasteiger partial charge on any atom is 0.208 e. The molecule has 2 aromatic carbocycles. The van der Waals surface area contributed by atoms with Gasteiger partial charge in [-0.05, 0) is 30.7 Å². The van der Waals surface area contributed by atoms with E-state index in [1.165, 1.54) is 0 Å². The van der Waals surface area contributed by atoms with E-state index in [-0.39, 0.29) is 14.8 Å². The van der Waals surface area contributed by atoms with Crippen molar-refractivity contribution in [3.63, 3.8) is 0 Å². The molecule has 0 unspecified atom stereocenters. The lowest BCUT2D eigenvalue weighted by molar-refractivity contribution is 0.597. The summed E-state index contributed by atoms with van der Waals surface area (Å²) in [5.41, 5.74) is 1.33. The summed E-state index contributed by atoms with van der Waals surface area (Å²) < 4.78 is 26.6. The van der Waals surface area contributed by atoms with Gasteiger partial charge in [0.25, 0.3) is 0 Å². The van der Waals surface area contributed by atoms with Gasteiger partial charge in [-0.15, -0.1) is 0 Å². The van der Waals surface area contributed by atoms with Gasteiger partial charge >= 0.3 is 0 Å². The molecule has 4 aromatic rings. The Hall–Kier alpha value is -2.44. The number of halogens is 1. The lowest BCUT2D eigenvalue weighted by Crippen LogP contribution is -2.04. The van der Waals surface area contributed by atoms with Gasteiger partial charge in [0, 0.05) is 29.6 Å². The number of aromatic amines is 1. The minimum absolute atomic E-state index is 0.0719. The van der Waals surface area contributed by atoms with Crippen LogP contribution in [0.5, 0.6) is 0 Å². The minimum atomic E-state index is -3.80. The highest BCUT2D eigenvalue weighted by Gasteiger charge is 2.24. The van der Waals surface area contributed by atoms with Crippen LogP contribution in [0.1, 0.15) is 19.2 Å². The van der Waals surface area contributed by atoms with Crippen LogP contribution in [-0.2, 0) is 16.3 Å². The fourth-order valence-corrected chi connectivity index (χ4v) is 5.09. The van der Waals surface area contributed by atoms with Crippen LogP contribution in [0.15, 0.2) is 58.6 Å².